The van der Waals surface area contributed by atoms with Gasteiger partial charge in [-0.05, 0) is 48.5 Å². The van der Waals surface area contributed by atoms with Crippen LogP contribution in [0.25, 0.3) is 55.5 Å². The second kappa shape index (κ2) is 9.03. The summed E-state index contributed by atoms with van der Waals surface area (Å²) < 4.78 is 11.4. The molecule has 0 fully saturated rings. The Bertz CT molecular complexity index is 1980. The first kappa shape index (κ1) is 22.9. The number of hydrogen-bond acceptors (Lipinski definition) is 4. The van der Waals surface area contributed by atoms with Crippen LogP contribution in [0.1, 0.15) is 0 Å². The van der Waals surface area contributed by atoms with Gasteiger partial charge >= 0.3 is 6.01 Å². The van der Waals surface area contributed by atoms with Crippen LogP contribution in [0.15, 0.2) is 126 Å². The average Bonchev–Trinajstić information content (AvgIpc) is 3.51. The standard InChI is InChI=1S/C33H20BrN5O/c34-21-17-19-22(20-18-21)40-33-36-31(38-27-13-5-1-9-23(27)24-10-2-6-14-28(24)38)35-32(37-33)39-29-15-7-3-11-25(29)26-12-4-8-16-30(26)39/h1-20H. The number of aromatic nitrogens is 5. The third-order valence-corrected chi connectivity index (χ3v) is 7.70. The Labute approximate surface area is 237 Å². The van der Waals surface area contributed by atoms with E-state index in [1.165, 1.54) is 0 Å². The summed E-state index contributed by atoms with van der Waals surface area (Å²) in [6.07, 6.45) is 0. The van der Waals surface area contributed by atoms with E-state index in [-0.39, 0.29) is 6.01 Å². The minimum Gasteiger partial charge on any atom is -0.424 e. The maximum absolute atomic E-state index is 6.25. The van der Waals surface area contributed by atoms with E-state index in [4.69, 9.17) is 19.7 Å². The molecule has 0 N–H and O–H groups in total. The van der Waals surface area contributed by atoms with Gasteiger partial charge in [0.25, 0.3) is 0 Å². The molecule has 6 nitrogen and oxygen atoms in total. The number of para-hydroxylation sites is 4. The first-order valence-electron chi connectivity index (χ1n) is 12.9. The average molecular weight is 582 g/mol. The van der Waals surface area contributed by atoms with Gasteiger partial charge in [-0.15, -0.1) is 0 Å². The molecule has 0 aliphatic rings. The van der Waals surface area contributed by atoms with Gasteiger partial charge in [-0.2, -0.15) is 15.0 Å². The fraction of sp³-hybridized carbons (Fsp3) is 0. The monoisotopic (exact) mass is 581 g/mol. The van der Waals surface area contributed by atoms with Crippen molar-refractivity contribution >= 4 is 59.5 Å². The SMILES string of the molecule is Brc1ccc(Oc2nc(-n3c4ccccc4c4ccccc43)nc(-n3c4ccccc4c4ccccc43)n2)cc1. The van der Waals surface area contributed by atoms with Gasteiger partial charge in [0.15, 0.2) is 0 Å². The van der Waals surface area contributed by atoms with Crippen molar-refractivity contribution in [1.82, 2.24) is 24.1 Å². The molecule has 5 aromatic carbocycles. The minimum atomic E-state index is 0.214. The van der Waals surface area contributed by atoms with E-state index in [1.54, 1.807) is 0 Å². The lowest BCUT2D eigenvalue weighted by atomic mass is 10.2. The van der Waals surface area contributed by atoms with Crippen molar-refractivity contribution in [3.8, 4) is 23.7 Å². The molecular weight excluding hydrogens is 562 g/mol. The molecular formula is C33H20BrN5O. The van der Waals surface area contributed by atoms with Crippen molar-refractivity contribution in [2.75, 3.05) is 0 Å². The summed E-state index contributed by atoms with van der Waals surface area (Å²) in [6, 6.07) is 41.1. The summed E-state index contributed by atoms with van der Waals surface area (Å²) in [6.45, 7) is 0. The highest BCUT2D eigenvalue weighted by molar-refractivity contribution is 9.10. The van der Waals surface area contributed by atoms with Gasteiger partial charge < -0.3 is 4.74 Å². The van der Waals surface area contributed by atoms with Crippen molar-refractivity contribution in [2.24, 2.45) is 0 Å². The zero-order valence-corrected chi connectivity index (χ0v) is 22.7. The molecule has 0 aliphatic carbocycles. The van der Waals surface area contributed by atoms with E-state index in [9.17, 15) is 0 Å². The van der Waals surface area contributed by atoms with Gasteiger partial charge in [0.05, 0.1) is 22.1 Å². The van der Waals surface area contributed by atoms with Crippen LogP contribution in [-0.2, 0) is 0 Å². The molecule has 0 saturated carbocycles. The van der Waals surface area contributed by atoms with Crippen LogP contribution in [0.5, 0.6) is 11.8 Å². The molecule has 0 radical (unpaired) electrons. The topological polar surface area (TPSA) is 57.8 Å². The first-order valence-corrected chi connectivity index (χ1v) is 13.7. The summed E-state index contributed by atoms with van der Waals surface area (Å²) in [4.78, 5) is 14.8. The number of rotatable bonds is 4. The van der Waals surface area contributed by atoms with Crippen molar-refractivity contribution < 1.29 is 4.74 Å². The van der Waals surface area contributed by atoms with Crippen molar-refractivity contribution in [2.45, 2.75) is 0 Å². The maximum Gasteiger partial charge on any atom is 0.328 e. The Balaban J connectivity index is 1.44. The quantitative estimate of drug-likeness (QED) is 0.209. The second-order valence-corrected chi connectivity index (χ2v) is 10.4. The van der Waals surface area contributed by atoms with Gasteiger partial charge in [-0.25, -0.2) is 0 Å². The Morgan fingerprint density at radius 2 is 0.825 bits per heavy atom. The zero-order valence-electron chi connectivity index (χ0n) is 21.1. The highest BCUT2D eigenvalue weighted by Gasteiger charge is 2.20. The predicted molar refractivity (Wildman–Crippen MR) is 163 cm³/mol. The molecule has 3 heterocycles. The smallest absolute Gasteiger partial charge is 0.328 e. The molecule has 0 bridgehead atoms. The highest BCUT2D eigenvalue weighted by atomic mass is 79.9. The van der Waals surface area contributed by atoms with Crippen molar-refractivity contribution in [1.29, 1.82) is 0 Å². The maximum atomic E-state index is 6.25. The van der Waals surface area contributed by atoms with Crippen molar-refractivity contribution in [3.05, 3.63) is 126 Å². The molecule has 7 heteroatoms. The fourth-order valence-electron chi connectivity index (χ4n) is 5.47. The van der Waals surface area contributed by atoms with E-state index in [2.05, 4.69) is 97.9 Å². The number of ether oxygens (including phenoxy) is 1. The molecule has 0 unspecified atom stereocenters. The second-order valence-electron chi connectivity index (χ2n) is 9.51. The van der Waals surface area contributed by atoms with Gasteiger partial charge in [0.2, 0.25) is 11.9 Å². The molecule has 8 aromatic rings. The summed E-state index contributed by atoms with van der Waals surface area (Å²) in [7, 11) is 0. The third kappa shape index (κ3) is 3.59. The third-order valence-electron chi connectivity index (χ3n) is 7.17. The summed E-state index contributed by atoms with van der Waals surface area (Å²) in [5, 5.41) is 4.53. The number of halogens is 1. The molecule has 190 valence electrons. The van der Waals surface area contributed by atoms with E-state index >= 15 is 0 Å². The molecule has 0 atom stereocenters. The van der Waals surface area contributed by atoms with Crippen LogP contribution in [-0.4, -0.2) is 24.1 Å². The molecule has 0 spiro atoms. The Kier molecular flexibility index (Phi) is 5.18. The van der Waals surface area contributed by atoms with E-state index in [1.807, 2.05) is 48.5 Å². The molecule has 40 heavy (non-hydrogen) atoms. The van der Waals surface area contributed by atoms with Crippen LogP contribution in [0.2, 0.25) is 0 Å². The first-order chi connectivity index (χ1) is 19.7. The van der Waals surface area contributed by atoms with Gasteiger partial charge in [0, 0.05) is 26.0 Å². The number of nitrogens with zero attached hydrogens (tertiary/aromatic N) is 5. The molecule has 0 saturated heterocycles. The largest absolute Gasteiger partial charge is 0.424 e. The normalized spacial score (nSPS) is 11.6. The van der Waals surface area contributed by atoms with Crippen LogP contribution in [0.4, 0.5) is 0 Å². The van der Waals surface area contributed by atoms with Crippen LogP contribution in [0, 0.1) is 0 Å². The number of hydrogen-bond donors (Lipinski definition) is 0. The molecule has 0 aliphatic heterocycles. The van der Waals surface area contributed by atoms with Crippen molar-refractivity contribution in [3.63, 3.8) is 0 Å². The van der Waals surface area contributed by atoms with E-state index in [0.29, 0.717) is 17.6 Å². The van der Waals surface area contributed by atoms with E-state index in [0.717, 1.165) is 48.1 Å². The number of fused-ring (bicyclic) bond motifs is 6. The highest BCUT2D eigenvalue weighted by Crippen LogP contribution is 2.34. The van der Waals surface area contributed by atoms with Gasteiger partial charge in [-0.3, -0.25) is 9.13 Å². The Hall–Kier alpha value is -5.01. The molecule has 3 aromatic heterocycles. The summed E-state index contributed by atoms with van der Waals surface area (Å²) >= 11 is 3.49. The van der Waals surface area contributed by atoms with Crippen LogP contribution >= 0.6 is 15.9 Å². The van der Waals surface area contributed by atoms with E-state index < -0.39 is 0 Å². The molecule has 0 amide bonds. The van der Waals surface area contributed by atoms with Crippen LogP contribution in [0.3, 0.4) is 0 Å². The van der Waals surface area contributed by atoms with Crippen LogP contribution < -0.4 is 4.74 Å². The minimum absolute atomic E-state index is 0.214. The number of benzene rings is 5. The molecule has 8 rings (SSSR count). The summed E-state index contributed by atoms with van der Waals surface area (Å²) in [5.41, 5.74) is 4.05. The predicted octanol–water partition coefficient (Wildman–Crippen LogP) is 8.62. The Morgan fingerprint density at radius 3 is 1.23 bits per heavy atom. The lowest BCUT2D eigenvalue weighted by molar-refractivity contribution is 0.437. The lowest BCUT2D eigenvalue weighted by Gasteiger charge is -2.12. The zero-order chi connectivity index (χ0) is 26.6. The fourth-order valence-corrected chi connectivity index (χ4v) is 5.73. The lowest BCUT2D eigenvalue weighted by Crippen LogP contribution is -2.10. The Morgan fingerprint density at radius 1 is 0.450 bits per heavy atom. The van der Waals surface area contributed by atoms with Gasteiger partial charge in [-0.1, -0.05) is 88.7 Å². The summed E-state index contributed by atoms with van der Waals surface area (Å²) in [5.74, 6) is 1.60. The van der Waals surface area contributed by atoms with Gasteiger partial charge in [0.1, 0.15) is 5.75 Å².